The van der Waals surface area contributed by atoms with Crippen molar-refractivity contribution in [2.75, 3.05) is 0 Å². The molecule has 118 valence electrons. The molecule has 23 heavy (non-hydrogen) atoms. The molecule has 0 unspecified atom stereocenters. The molecule has 0 heterocycles. The predicted octanol–water partition coefficient (Wildman–Crippen LogP) is -0.00980. The van der Waals surface area contributed by atoms with Gasteiger partial charge in [-0.1, -0.05) is 54.6 Å². The Balaban J connectivity index is 2.30. The summed E-state index contributed by atoms with van der Waals surface area (Å²) < 4.78 is 29.0. The fourth-order valence-electron chi connectivity index (χ4n) is 2.43. The van der Waals surface area contributed by atoms with Crippen molar-refractivity contribution in [2.45, 2.75) is 14.7 Å². The highest BCUT2D eigenvalue weighted by molar-refractivity contribution is 8.29. The van der Waals surface area contributed by atoms with Gasteiger partial charge in [0, 0.05) is 27.5 Å². The van der Waals surface area contributed by atoms with E-state index >= 15 is 0 Å². The van der Waals surface area contributed by atoms with Crippen LogP contribution >= 0.6 is 10.3 Å². The molecule has 0 saturated heterocycles. The fourth-order valence-corrected chi connectivity index (χ4v) is 8.43. The average molecular weight is 438 g/mol. The molecule has 3 aromatic carbocycles. The number of benzene rings is 3. The Bertz CT molecular complexity index is 639. The minimum atomic E-state index is -3.95. The van der Waals surface area contributed by atoms with Gasteiger partial charge in [0.15, 0.2) is 0 Å². The molecular weight excluding hydrogens is 423 g/mol. The maximum atomic E-state index is 11.7. The summed E-state index contributed by atoms with van der Waals surface area (Å²) in [5.41, 5.74) is 0. The molecule has 3 rings (SSSR count). The normalized spacial score (nSPS) is 12.3. The molecule has 0 spiro atoms. The zero-order valence-corrected chi connectivity index (χ0v) is 15.1. The Morgan fingerprint density at radius 2 is 0.870 bits per heavy atom. The van der Waals surface area contributed by atoms with E-state index in [2.05, 4.69) is 0 Å². The molecule has 0 amide bonds. The zero-order chi connectivity index (χ0) is 16.1. The maximum Gasteiger partial charge on any atom is 0.520 e. The second-order valence-corrected chi connectivity index (χ2v) is 9.56. The molecule has 0 aliphatic carbocycles. The van der Waals surface area contributed by atoms with Crippen LogP contribution in [-0.2, 0) is 2.51 Å². The smallest absolute Gasteiger partial charge is 0.395 e. The summed E-state index contributed by atoms with van der Waals surface area (Å²) in [5.74, 6) is 0. The first-order valence-corrected chi connectivity index (χ1v) is 11.2. The topological polar surface area (TPSA) is 55.3 Å². The summed E-state index contributed by atoms with van der Waals surface area (Å²) in [6.45, 7) is 0. The van der Waals surface area contributed by atoms with Crippen molar-refractivity contribution in [3.63, 3.8) is 0 Å². The maximum absolute atomic E-state index is 11.7. The van der Waals surface area contributed by atoms with E-state index in [1.54, 1.807) is 0 Å². The summed E-state index contributed by atoms with van der Waals surface area (Å²) in [6.07, 6.45) is 0. The molecule has 0 radical (unpaired) electrons. The third-order valence-corrected chi connectivity index (χ3v) is 8.97. The minimum Gasteiger partial charge on any atom is -0.395 e. The highest BCUT2D eigenvalue weighted by Crippen LogP contribution is 2.67. The molecule has 0 N–H and O–H groups in total. The van der Waals surface area contributed by atoms with Crippen LogP contribution in [0.2, 0.25) is 0 Å². The first-order valence-electron chi connectivity index (χ1n) is 6.97. The first kappa shape index (κ1) is 16.5. The molecule has 5 heteroatoms. The molecule has 0 aromatic heterocycles. The Kier molecular flexibility index (Phi) is 5.34. The van der Waals surface area contributed by atoms with Crippen LogP contribution in [0.3, 0.4) is 0 Å². The summed E-state index contributed by atoms with van der Waals surface area (Å²) in [4.78, 5) is 2.60. The predicted molar refractivity (Wildman–Crippen MR) is 82.8 cm³/mol. The molecule has 3 nitrogen and oxygen atoms in total. The summed E-state index contributed by atoms with van der Waals surface area (Å²) in [5, 5.41) is 0. The molecule has 0 bridgehead atoms. The van der Waals surface area contributed by atoms with Gasteiger partial charge in [-0.2, -0.15) is 0 Å². The molecule has 0 aliphatic rings. The minimum absolute atomic E-state index is 0.867. The van der Waals surface area contributed by atoms with Crippen LogP contribution in [-0.4, -0.2) is 0 Å². The van der Waals surface area contributed by atoms with E-state index in [1.807, 2.05) is 91.0 Å². The Labute approximate surface area is 146 Å². The third kappa shape index (κ3) is 3.44. The van der Waals surface area contributed by atoms with Gasteiger partial charge in [0.1, 0.15) is 0 Å². The molecule has 0 saturated carbocycles. The molecule has 0 fully saturated rings. The standard InChI is InChI=1S/C18H15IO3S/c20-19(21)22-23(16-10-4-1-5-11-16,17-12-6-2-7-13-17)18-14-8-3-9-15-18/h1-15H. The largest absolute Gasteiger partial charge is 0.520 e. The number of hydrogen-bond acceptors (Lipinski definition) is 3. The van der Waals surface area contributed by atoms with Crippen molar-refractivity contribution in [2.24, 2.45) is 0 Å². The van der Waals surface area contributed by atoms with Crippen LogP contribution in [0.4, 0.5) is 0 Å². The van der Waals surface area contributed by atoms with E-state index in [-0.39, 0.29) is 0 Å². The monoisotopic (exact) mass is 438 g/mol. The lowest BCUT2D eigenvalue weighted by molar-refractivity contribution is -1.62. The van der Waals surface area contributed by atoms with Gasteiger partial charge in [-0.3, -0.25) is 0 Å². The van der Waals surface area contributed by atoms with Crippen LogP contribution in [0.5, 0.6) is 0 Å². The summed E-state index contributed by atoms with van der Waals surface area (Å²) in [7, 11) is -2.29. The number of rotatable bonds is 5. The van der Waals surface area contributed by atoms with Crippen LogP contribution < -0.4 is 27.9 Å². The van der Waals surface area contributed by atoms with Gasteiger partial charge in [-0.05, 0) is 36.4 Å². The van der Waals surface area contributed by atoms with E-state index < -0.39 is 31.4 Å². The Morgan fingerprint density at radius 3 is 1.13 bits per heavy atom. The lowest BCUT2D eigenvalue weighted by Crippen LogP contribution is -3.98. The number of hydrogen-bond donors (Lipinski definition) is 0. The molecular formula is C18H15IO3S. The first-order chi connectivity index (χ1) is 11.2. The Hall–Kier alpha value is -1.38. The summed E-state index contributed by atoms with van der Waals surface area (Å²) in [6, 6.07) is 28.7. The lowest BCUT2D eigenvalue weighted by Gasteiger charge is -2.33. The van der Waals surface area contributed by atoms with Crippen molar-refractivity contribution in [1.29, 1.82) is 0 Å². The highest BCUT2D eigenvalue weighted by atomic mass is 127. The van der Waals surface area contributed by atoms with Gasteiger partial charge in [0.05, 0.1) is 0 Å². The van der Waals surface area contributed by atoms with Crippen molar-refractivity contribution < 1.29 is 30.4 Å². The average Bonchev–Trinajstić information content (AvgIpc) is 2.62. The third-order valence-electron chi connectivity index (χ3n) is 3.37. The van der Waals surface area contributed by atoms with Crippen LogP contribution in [0.1, 0.15) is 0 Å². The molecule has 3 aromatic rings. The van der Waals surface area contributed by atoms with Crippen molar-refractivity contribution in [3.05, 3.63) is 91.0 Å². The lowest BCUT2D eigenvalue weighted by atomic mass is 10.4. The summed E-state index contributed by atoms with van der Waals surface area (Å²) >= 11 is -3.95. The van der Waals surface area contributed by atoms with Crippen LogP contribution in [0.15, 0.2) is 106 Å². The second kappa shape index (κ2) is 7.46. The van der Waals surface area contributed by atoms with Crippen LogP contribution in [0.25, 0.3) is 0 Å². The van der Waals surface area contributed by atoms with Crippen molar-refractivity contribution in [3.8, 4) is 0 Å². The van der Waals surface area contributed by atoms with Crippen molar-refractivity contribution >= 4 is 10.3 Å². The van der Waals surface area contributed by atoms with Crippen LogP contribution in [0, 0.1) is 0 Å². The van der Waals surface area contributed by atoms with Gasteiger partial charge in [0.25, 0.3) is 0 Å². The van der Waals surface area contributed by atoms with Gasteiger partial charge in [-0.15, -0.1) is 0 Å². The fraction of sp³-hybridized carbons (Fsp3) is 0. The van der Waals surface area contributed by atoms with Gasteiger partial charge in [0.2, 0.25) is 0 Å². The van der Waals surface area contributed by atoms with E-state index in [0.717, 1.165) is 14.7 Å². The highest BCUT2D eigenvalue weighted by Gasteiger charge is 2.42. The van der Waals surface area contributed by atoms with E-state index in [4.69, 9.17) is 2.51 Å². The van der Waals surface area contributed by atoms with Gasteiger partial charge < -0.3 is 6.87 Å². The van der Waals surface area contributed by atoms with E-state index in [0.29, 0.717) is 0 Å². The zero-order valence-electron chi connectivity index (χ0n) is 12.2. The Morgan fingerprint density at radius 1 is 0.565 bits per heavy atom. The number of halogens is 1. The van der Waals surface area contributed by atoms with E-state index in [9.17, 15) is 6.87 Å². The van der Waals surface area contributed by atoms with Gasteiger partial charge >= 0.3 is 21.1 Å². The molecule has 0 aliphatic heterocycles. The van der Waals surface area contributed by atoms with Gasteiger partial charge in [-0.25, -0.2) is 0 Å². The van der Waals surface area contributed by atoms with E-state index in [1.165, 1.54) is 0 Å². The SMILES string of the molecule is [O-][I+2]([O-])OS(c1ccccc1)(c1ccccc1)c1ccccc1. The second-order valence-electron chi connectivity index (χ2n) is 4.75. The quantitative estimate of drug-likeness (QED) is 0.527. The molecule has 0 atom stereocenters. The van der Waals surface area contributed by atoms with Crippen molar-refractivity contribution in [1.82, 2.24) is 0 Å².